The number of amides is 1. The fourth-order valence-electron chi connectivity index (χ4n) is 3.85. The minimum atomic E-state index is -0.420. The molecule has 0 atom stereocenters. The molecule has 9 heteroatoms. The number of benzene rings is 1. The lowest BCUT2D eigenvalue weighted by molar-refractivity contribution is -0.385. The molecule has 1 aromatic carbocycles. The van der Waals surface area contributed by atoms with Gasteiger partial charge >= 0.3 is 0 Å². The van der Waals surface area contributed by atoms with E-state index in [-0.39, 0.29) is 11.6 Å². The number of nitro groups is 1. The van der Waals surface area contributed by atoms with Crippen molar-refractivity contribution in [3.63, 3.8) is 0 Å². The average molecular weight is 421 g/mol. The Hall–Kier alpha value is -4.01. The maximum Gasteiger partial charge on any atom is 0.293 e. The van der Waals surface area contributed by atoms with E-state index in [2.05, 4.69) is 20.3 Å². The number of rotatable bonds is 4. The van der Waals surface area contributed by atoms with Crippen LogP contribution >= 0.6 is 0 Å². The number of carbonyl (C=O) groups is 1. The van der Waals surface area contributed by atoms with Crippen LogP contribution in [0, 0.1) is 43.6 Å². The van der Waals surface area contributed by atoms with Crippen LogP contribution in [0.25, 0.3) is 11.6 Å². The Morgan fingerprint density at radius 2 is 1.77 bits per heavy atom. The molecule has 1 amide bonds. The predicted octanol–water partition coefficient (Wildman–Crippen LogP) is 4.87. The number of aromatic amines is 2. The molecule has 0 unspecified atom stereocenters. The molecule has 0 spiro atoms. The first-order chi connectivity index (χ1) is 14.7. The highest BCUT2D eigenvalue weighted by Gasteiger charge is 2.25. The zero-order chi connectivity index (χ0) is 22.4. The predicted molar refractivity (Wildman–Crippen MR) is 117 cm³/mol. The molecular weight excluding hydrogens is 401 g/mol. The summed E-state index contributed by atoms with van der Waals surface area (Å²) in [4.78, 5) is 33.9. The summed E-state index contributed by atoms with van der Waals surface area (Å²) in [7, 11) is 0. The van der Waals surface area contributed by atoms with Crippen LogP contribution in [-0.2, 0) is 4.79 Å². The maximum absolute atomic E-state index is 13.7. The standard InChI is InChI=1S/C22H20FN5O3/c1-10-18(8-16-15-7-14(23)5-6-17(15)27-22(16)29)25-12(3)20(10)24-9-19-11(2)21(28(30)31)13(4)26-19/h5-9,25-26H,1-4H3,(H,27,29)/b16-8-,24-9?. The molecule has 0 bridgehead atoms. The van der Waals surface area contributed by atoms with E-state index in [0.717, 1.165) is 11.3 Å². The fraction of sp³-hybridized carbons (Fsp3) is 0.182. The van der Waals surface area contributed by atoms with Gasteiger partial charge in [-0.15, -0.1) is 0 Å². The quantitative estimate of drug-likeness (QED) is 0.242. The number of nitrogens with zero attached hydrogens (tertiary/aromatic N) is 2. The van der Waals surface area contributed by atoms with Gasteiger partial charge in [0.25, 0.3) is 11.6 Å². The number of nitrogens with one attached hydrogen (secondary N) is 3. The lowest BCUT2D eigenvalue weighted by Crippen LogP contribution is -2.03. The second kappa shape index (κ2) is 7.35. The molecule has 0 fully saturated rings. The Morgan fingerprint density at radius 3 is 2.45 bits per heavy atom. The Bertz CT molecular complexity index is 1310. The van der Waals surface area contributed by atoms with E-state index < -0.39 is 10.7 Å². The third kappa shape index (κ3) is 3.43. The lowest BCUT2D eigenvalue weighted by atomic mass is 10.0. The SMILES string of the molecule is Cc1[nH]c(/C=C2\C(=O)Nc3ccc(F)cc32)c(C)c1N=Cc1[nH]c(C)c([N+](=O)[O-])c1C. The van der Waals surface area contributed by atoms with Crippen LogP contribution in [0.4, 0.5) is 21.5 Å². The van der Waals surface area contributed by atoms with Gasteiger partial charge in [-0.1, -0.05) is 0 Å². The third-order valence-electron chi connectivity index (χ3n) is 5.43. The summed E-state index contributed by atoms with van der Waals surface area (Å²) in [6, 6.07) is 4.16. The van der Waals surface area contributed by atoms with Gasteiger partial charge in [0, 0.05) is 22.6 Å². The first-order valence-electron chi connectivity index (χ1n) is 9.57. The van der Waals surface area contributed by atoms with Crippen molar-refractivity contribution in [2.45, 2.75) is 27.7 Å². The van der Waals surface area contributed by atoms with Crippen LogP contribution in [-0.4, -0.2) is 27.0 Å². The van der Waals surface area contributed by atoms with Crippen LogP contribution in [0.5, 0.6) is 0 Å². The maximum atomic E-state index is 13.7. The van der Waals surface area contributed by atoms with Gasteiger partial charge in [-0.2, -0.15) is 0 Å². The fourth-order valence-corrected chi connectivity index (χ4v) is 3.85. The van der Waals surface area contributed by atoms with Gasteiger partial charge < -0.3 is 15.3 Å². The average Bonchev–Trinajstić information content (AvgIpc) is 3.26. The molecule has 3 N–H and O–H groups in total. The summed E-state index contributed by atoms with van der Waals surface area (Å²) in [6.45, 7) is 7.02. The van der Waals surface area contributed by atoms with Gasteiger partial charge in [0.2, 0.25) is 0 Å². The normalized spacial score (nSPS) is 14.5. The largest absolute Gasteiger partial charge is 0.357 e. The molecule has 0 radical (unpaired) electrons. The van der Waals surface area contributed by atoms with E-state index in [1.165, 1.54) is 18.2 Å². The first kappa shape index (κ1) is 20.3. The van der Waals surface area contributed by atoms with Crippen molar-refractivity contribution in [2.75, 3.05) is 5.32 Å². The van der Waals surface area contributed by atoms with Gasteiger partial charge in [0.1, 0.15) is 5.82 Å². The van der Waals surface area contributed by atoms with Gasteiger partial charge in [0.15, 0.2) is 0 Å². The summed E-state index contributed by atoms with van der Waals surface area (Å²) in [5.74, 6) is -0.723. The van der Waals surface area contributed by atoms with Crippen LogP contribution in [0.15, 0.2) is 23.2 Å². The molecule has 2 aromatic heterocycles. The van der Waals surface area contributed by atoms with Crippen LogP contribution in [0.1, 0.15) is 39.5 Å². The first-order valence-corrected chi connectivity index (χ1v) is 9.57. The minimum absolute atomic E-state index is 0.0486. The van der Waals surface area contributed by atoms with Crippen molar-refractivity contribution in [3.05, 3.63) is 73.6 Å². The highest BCUT2D eigenvalue weighted by atomic mass is 19.1. The topological polar surface area (TPSA) is 116 Å². The Balaban J connectivity index is 1.72. The molecule has 4 rings (SSSR count). The summed E-state index contributed by atoms with van der Waals surface area (Å²) < 4.78 is 13.7. The highest BCUT2D eigenvalue weighted by Crippen LogP contribution is 2.36. The number of hydrogen-bond donors (Lipinski definition) is 3. The molecule has 1 aliphatic rings. The monoisotopic (exact) mass is 421 g/mol. The second-order valence-corrected chi connectivity index (χ2v) is 7.49. The van der Waals surface area contributed by atoms with E-state index in [1.54, 1.807) is 26.1 Å². The number of fused-ring (bicyclic) bond motifs is 1. The molecule has 0 saturated carbocycles. The van der Waals surface area contributed by atoms with Crippen molar-refractivity contribution in [3.8, 4) is 0 Å². The smallest absolute Gasteiger partial charge is 0.293 e. The second-order valence-electron chi connectivity index (χ2n) is 7.49. The molecular formula is C22H20FN5O3. The number of aryl methyl sites for hydroxylation is 2. The van der Waals surface area contributed by atoms with E-state index in [9.17, 15) is 19.3 Å². The third-order valence-corrected chi connectivity index (χ3v) is 5.43. The Kier molecular flexibility index (Phi) is 4.81. The summed E-state index contributed by atoms with van der Waals surface area (Å²) in [5.41, 5.74) is 5.94. The zero-order valence-corrected chi connectivity index (χ0v) is 17.4. The van der Waals surface area contributed by atoms with E-state index >= 15 is 0 Å². The molecule has 8 nitrogen and oxygen atoms in total. The van der Waals surface area contributed by atoms with E-state index in [4.69, 9.17) is 0 Å². The van der Waals surface area contributed by atoms with Gasteiger partial charge in [-0.05, 0) is 57.5 Å². The van der Waals surface area contributed by atoms with Gasteiger partial charge in [0.05, 0.1) is 39.3 Å². The number of aromatic nitrogens is 2. The van der Waals surface area contributed by atoms with Crippen molar-refractivity contribution in [1.29, 1.82) is 0 Å². The molecule has 0 aliphatic carbocycles. The molecule has 3 heterocycles. The highest BCUT2D eigenvalue weighted by molar-refractivity contribution is 6.34. The van der Waals surface area contributed by atoms with Crippen molar-refractivity contribution in [2.24, 2.45) is 4.99 Å². The summed E-state index contributed by atoms with van der Waals surface area (Å²) >= 11 is 0. The molecule has 3 aromatic rings. The van der Waals surface area contributed by atoms with Gasteiger partial charge in [-0.25, -0.2) is 4.39 Å². The van der Waals surface area contributed by atoms with E-state index in [1.807, 2.05) is 13.8 Å². The zero-order valence-electron chi connectivity index (χ0n) is 17.4. The molecule has 158 valence electrons. The van der Waals surface area contributed by atoms with Crippen molar-refractivity contribution >= 4 is 40.8 Å². The van der Waals surface area contributed by atoms with E-state index in [0.29, 0.717) is 45.2 Å². The Morgan fingerprint density at radius 1 is 1.06 bits per heavy atom. The number of aliphatic imine (C=N–C) groups is 1. The van der Waals surface area contributed by atoms with Crippen LogP contribution in [0.2, 0.25) is 0 Å². The van der Waals surface area contributed by atoms with Crippen LogP contribution < -0.4 is 5.32 Å². The summed E-state index contributed by atoms with van der Waals surface area (Å²) in [6.07, 6.45) is 3.24. The molecule has 0 saturated heterocycles. The summed E-state index contributed by atoms with van der Waals surface area (Å²) in [5, 5.41) is 13.9. The van der Waals surface area contributed by atoms with Crippen molar-refractivity contribution < 1.29 is 14.1 Å². The number of anilines is 1. The molecule has 31 heavy (non-hydrogen) atoms. The number of hydrogen-bond acceptors (Lipinski definition) is 4. The number of halogens is 1. The van der Waals surface area contributed by atoms with Gasteiger partial charge in [-0.3, -0.25) is 19.9 Å². The lowest BCUT2D eigenvalue weighted by Gasteiger charge is -1.99. The van der Waals surface area contributed by atoms with Crippen LogP contribution in [0.3, 0.4) is 0 Å². The Labute approximate surface area is 177 Å². The van der Waals surface area contributed by atoms with Crippen molar-refractivity contribution in [1.82, 2.24) is 9.97 Å². The number of H-pyrrole nitrogens is 2. The minimum Gasteiger partial charge on any atom is -0.357 e. The molecule has 1 aliphatic heterocycles. The number of carbonyl (C=O) groups excluding carboxylic acids is 1.